The fourth-order valence-electron chi connectivity index (χ4n) is 2.15. The van der Waals surface area contributed by atoms with Gasteiger partial charge in [0.15, 0.2) is 0 Å². The molecule has 0 fully saturated rings. The van der Waals surface area contributed by atoms with Crippen LogP contribution in [-0.4, -0.2) is 18.7 Å². The Morgan fingerprint density at radius 1 is 0.962 bits per heavy atom. The highest BCUT2D eigenvalue weighted by Crippen LogP contribution is 2.22. The molecule has 2 aromatic carbocycles. The Kier molecular flexibility index (Phi) is 6.17. The van der Waals surface area contributed by atoms with Crippen LogP contribution < -0.4 is 9.47 Å². The van der Waals surface area contributed by atoms with Crippen LogP contribution in [0.5, 0.6) is 11.5 Å². The molecule has 136 valence electrons. The van der Waals surface area contributed by atoms with E-state index in [1.54, 1.807) is 38.1 Å². The van der Waals surface area contributed by atoms with E-state index in [2.05, 4.69) is 6.58 Å². The number of hydrogen-bond acceptors (Lipinski definition) is 5. The normalized spacial score (nSPS) is 10.2. The summed E-state index contributed by atoms with van der Waals surface area (Å²) in [5, 5.41) is 0. The third-order valence-electron chi connectivity index (χ3n) is 3.85. The summed E-state index contributed by atoms with van der Waals surface area (Å²) < 4.78 is 15.7. The van der Waals surface area contributed by atoms with E-state index in [0.29, 0.717) is 22.6 Å². The van der Waals surface area contributed by atoms with Crippen LogP contribution >= 0.6 is 0 Å². The summed E-state index contributed by atoms with van der Waals surface area (Å²) in [6.45, 7) is 10.6. The van der Waals surface area contributed by atoms with Crippen molar-refractivity contribution in [2.45, 2.75) is 27.7 Å². The monoisotopic (exact) mass is 354 g/mol. The van der Waals surface area contributed by atoms with Gasteiger partial charge >= 0.3 is 11.9 Å². The van der Waals surface area contributed by atoms with Crippen LogP contribution in [0, 0.1) is 20.8 Å². The zero-order chi connectivity index (χ0) is 19.3. The Hall–Kier alpha value is -3.08. The SMILES string of the molecule is C=C(C)C(=O)OCOc1ccc(C(=O)Oc2ccc(C)c(C)c2)cc1C. The molecule has 0 heterocycles. The van der Waals surface area contributed by atoms with Crippen molar-refractivity contribution in [2.24, 2.45) is 0 Å². The average Bonchev–Trinajstić information content (AvgIpc) is 2.59. The summed E-state index contributed by atoms with van der Waals surface area (Å²) in [6, 6.07) is 10.4. The summed E-state index contributed by atoms with van der Waals surface area (Å²) in [6.07, 6.45) is 0. The van der Waals surface area contributed by atoms with E-state index in [1.807, 2.05) is 26.0 Å². The Morgan fingerprint density at radius 2 is 1.69 bits per heavy atom. The van der Waals surface area contributed by atoms with E-state index in [9.17, 15) is 9.59 Å². The molecule has 5 nitrogen and oxygen atoms in total. The van der Waals surface area contributed by atoms with Gasteiger partial charge in [-0.2, -0.15) is 0 Å². The minimum absolute atomic E-state index is 0.223. The van der Waals surface area contributed by atoms with Gasteiger partial charge in [0, 0.05) is 5.57 Å². The van der Waals surface area contributed by atoms with Crippen molar-refractivity contribution in [1.29, 1.82) is 0 Å². The molecule has 0 N–H and O–H groups in total. The van der Waals surface area contributed by atoms with E-state index in [1.165, 1.54) is 0 Å². The van der Waals surface area contributed by atoms with Gasteiger partial charge in [-0.1, -0.05) is 12.6 Å². The first kappa shape index (κ1) is 19.2. The fourth-order valence-corrected chi connectivity index (χ4v) is 2.15. The third kappa shape index (κ3) is 4.96. The summed E-state index contributed by atoms with van der Waals surface area (Å²) in [5.41, 5.74) is 3.63. The second-order valence-electron chi connectivity index (χ2n) is 6.09. The molecule has 0 radical (unpaired) electrons. The maximum Gasteiger partial charge on any atom is 0.343 e. The molecule has 0 aliphatic carbocycles. The number of carbonyl (C=O) groups excluding carboxylic acids is 2. The van der Waals surface area contributed by atoms with Crippen molar-refractivity contribution in [2.75, 3.05) is 6.79 Å². The second kappa shape index (κ2) is 8.34. The Balaban J connectivity index is 2.01. The fraction of sp³-hybridized carbons (Fsp3) is 0.238. The van der Waals surface area contributed by atoms with E-state index in [0.717, 1.165) is 16.7 Å². The lowest BCUT2D eigenvalue weighted by molar-refractivity contribution is -0.145. The minimum atomic E-state index is -0.517. The van der Waals surface area contributed by atoms with Gasteiger partial charge in [0.05, 0.1) is 5.56 Å². The van der Waals surface area contributed by atoms with Crippen LogP contribution in [0.15, 0.2) is 48.6 Å². The molecule has 2 aromatic rings. The highest BCUT2D eigenvalue weighted by molar-refractivity contribution is 5.91. The molecule has 0 aliphatic rings. The minimum Gasteiger partial charge on any atom is -0.457 e. The van der Waals surface area contributed by atoms with Gasteiger partial charge in [0.25, 0.3) is 0 Å². The van der Waals surface area contributed by atoms with Gasteiger partial charge in [-0.05, 0) is 74.7 Å². The molecule has 0 aromatic heterocycles. The van der Waals surface area contributed by atoms with Crippen molar-refractivity contribution in [1.82, 2.24) is 0 Å². The summed E-state index contributed by atoms with van der Waals surface area (Å²) in [7, 11) is 0. The number of esters is 2. The highest BCUT2D eigenvalue weighted by Gasteiger charge is 2.12. The zero-order valence-corrected chi connectivity index (χ0v) is 15.4. The van der Waals surface area contributed by atoms with Crippen molar-refractivity contribution in [3.05, 3.63) is 70.8 Å². The predicted molar refractivity (Wildman–Crippen MR) is 98.5 cm³/mol. The molecular weight excluding hydrogens is 332 g/mol. The lowest BCUT2D eigenvalue weighted by atomic mass is 10.1. The van der Waals surface area contributed by atoms with Crippen LogP contribution in [0.1, 0.15) is 34.0 Å². The van der Waals surface area contributed by atoms with Gasteiger partial charge in [-0.3, -0.25) is 0 Å². The maximum atomic E-state index is 12.3. The molecule has 0 spiro atoms. The topological polar surface area (TPSA) is 61.8 Å². The molecule has 0 amide bonds. The molecule has 0 atom stereocenters. The maximum absolute atomic E-state index is 12.3. The first-order chi connectivity index (χ1) is 12.3. The second-order valence-corrected chi connectivity index (χ2v) is 6.09. The zero-order valence-electron chi connectivity index (χ0n) is 15.4. The Labute approximate surface area is 153 Å². The van der Waals surface area contributed by atoms with Crippen LogP contribution in [0.3, 0.4) is 0 Å². The van der Waals surface area contributed by atoms with Gasteiger partial charge in [0.1, 0.15) is 11.5 Å². The predicted octanol–water partition coefficient (Wildman–Crippen LogP) is 4.29. The number of rotatable bonds is 6. The van der Waals surface area contributed by atoms with Crippen LogP contribution in [-0.2, 0) is 9.53 Å². The summed E-state index contributed by atoms with van der Waals surface area (Å²) in [4.78, 5) is 23.6. The molecule has 5 heteroatoms. The number of benzene rings is 2. The Morgan fingerprint density at radius 3 is 2.31 bits per heavy atom. The van der Waals surface area contributed by atoms with Crippen LogP contribution in [0.2, 0.25) is 0 Å². The lowest BCUT2D eigenvalue weighted by Crippen LogP contribution is -2.12. The molecule has 2 rings (SSSR count). The van der Waals surface area contributed by atoms with Gasteiger partial charge in [0.2, 0.25) is 6.79 Å². The van der Waals surface area contributed by atoms with Crippen molar-refractivity contribution >= 4 is 11.9 Å². The summed E-state index contributed by atoms with van der Waals surface area (Å²) >= 11 is 0. The molecule has 0 saturated carbocycles. The average molecular weight is 354 g/mol. The van der Waals surface area contributed by atoms with Crippen LogP contribution in [0.4, 0.5) is 0 Å². The van der Waals surface area contributed by atoms with E-state index >= 15 is 0 Å². The quantitative estimate of drug-likeness (QED) is 0.335. The van der Waals surface area contributed by atoms with Crippen LogP contribution in [0.25, 0.3) is 0 Å². The van der Waals surface area contributed by atoms with E-state index in [4.69, 9.17) is 14.2 Å². The first-order valence-electron chi connectivity index (χ1n) is 8.13. The molecule has 0 saturated heterocycles. The molecule has 0 bridgehead atoms. The van der Waals surface area contributed by atoms with Gasteiger partial charge < -0.3 is 14.2 Å². The summed E-state index contributed by atoms with van der Waals surface area (Å²) in [5.74, 6) is 0.0536. The van der Waals surface area contributed by atoms with Crippen molar-refractivity contribution < 1.29 is 23.8 Å². The third-order valence-corrected chi connectivity index (χ3v) is 3.85. The largest absolute Gasteiger partial charge is 0.457 e. The lowest BCUT2D eigenvalue weighted by Gasteiger charge is -2.11. The Bertz CT molecular complexity index is 851. The molecule has 26 heavy (non-hydrogen) atoms. The molecule has 0 aliphatic heterocycles. The first-order valence-corrected chi connectivity index (χ1v) is 8.13. The molecule has 0 unspecified atom stereocenters. The van der Waals surface area contributed by atoms with Gasteiger partial charge in [-0.15, -0.1) is 0 Å². The van der Waals surface area contributed by atoms with Gasteiger partial charge in [-0.25, -0.2) is 9.59 Å². The van der Waals surface area contributed by atoms with Crippen molar-refractivity contribution in [3.63, 3.8) is 0 Å². The van der Waals surface area contributed by atoms with E-state index < -0.39 is 11.9 Å². The standard InChI is InChI=1S/C21H22O5/c1-13(2)20(22)25-12-24-19-9-7-17(10-16(19)5)21(23)26-18-8-6-14(3)15(4)11-18/h6-11H,1,12H2,2-5H3. The molecular formula is C21H22O5. The smallest absolute Gasteiger partial charge is 0.343 e. The number of ether oxygens (including phenoxy) is 3. The van der Waals surface area contributed by atoms with E-state index in [-0.39, 0.29) is 6.79 Å². The number of carbonyl (C=O) groups is 2. The van der Waals surface area contributed by atoms with Crippen molar-refractivity contribution in [3.8, 4) is 11.5 Å². The highest BCUT2D eigenvalue weighted by atomic mass is 16.7. The number of hydrogen-bond donors (Lipinski definition) is 0. The number of aryl methyl sites for hydroxylation is 3.